The van der Waals surface area contributed by atoms with Crippen LogP contribution in [0, 0.1) is 0 Å². The SMILES string of the molecule is O=C(Nc1ccc(-c2nccs2)cc1)c1cccc(CN2CCCC2=O)c1. The zero-order valence-corrected chi connectivity index (χ0v) is 15.5. The second-order valence-electron chi connectivity index (χ2n) is 6.49. The summed E-state index contributed by atoms with van der Waals surface area (Å²) in [6, 6.07) is 15.1. The zero-order valence-electron chi connectivity index (χ0n) is 14.7. The second kappa shape index (κ2) is 7.72. The van der Waals surface area contributed by atoms with Crippen molar-refractivity contribution in [2.24, 2.45) is 0 Å². The van der Waals surface area contributed by atoms with Crippen LogP contribution in [0.5, 0.6) is 0 Å². The highest BCUT2D eigenvalue weighted by atomic mass is 32.1. The number of hydrogen-bond acceptors (Lipinski definition) is 4. The Hall–Kier alpha value is -2.99. The minimum atomic E-state index is -0.161. The van der Waals surface area contributed by atoms with E-state index in [0.717, 1.165) is 34.8 Å². The third-order valence-corrected chi connectivity index (χ3v) is 5.38. The first kappa shape index (κ1) is 17.4. The number of hydrogen-bond donors (Lipinski definition) is 1. The molecule has 0 atom stereocenters. The summed E-state index contributed by atoms with van der Waals surface area (Å²) < 4.78 is 0. The molecule has 3 aromatic rings. The van der Waals surface area contributed by atoms with Gasteiger partial charge in [-0.15, -0.1) is 11.3 Å². The van der Waals surface area contributed by atoms with Crippen molar-refractivity contribution in [3.63, 3.8) is 0 Å². The van der Waals surface area contributed by atoms with Crippen molar-refractivity contribution in [1.82, 2.24) is 9.88 Å². The van der Waals surface area contributed by atoms with E-state index in [1.54, 1.807) is 23.6 Å². The number of carbonyl (C=O) groups is 2. The average Bonchev–Trinajstić information content (AvgIpc) is 3.35. The minimum absolute atomic E-state index is 0.161. The highest BCUT2D eigenvalue weighted by molar-refractivity contribution is 7.13. The van der Waals surface area contributed by atoms with Crippen LogP contribution in [0.25, 0.3) is 10.6 Å². The number of carbonyl (C=O) groups excluding carboxylic acids is 2. The standard InChI is InChI=1S/C21H19N3O2S/c25-19-5-2-11-24(19)14-15-3-1-4-17(13-15)20(26)23-18-8-6-16(7-9-18)21-22-10-12-27-21/h1,3-4,6-10,12-13H,2,5,11,14H2,(H,23,26). The third-order valence-electron chi connectivity index (χ3n) is 4.56. The Morgan fingerprint density at radius 1 is 1.19 bits per heavy atom. The van der Waals surface area contributed by atoms with Crippen molar-refractivity contribution in [2.45, 2.75) is 19.4 Å². The molecule has 4 rings (SSSR count). The van der Waals surface area contributed by atoms with E-state index in [2.05, 4.69) is 10.3 Å². The van der Waals surface area contributed by atoms with E-state index in [1.165, 1.54) is 0 Å². The van der Waals surface area contributed by atoms with Gasteiger partial charge in [-0.3, -0.25) is 9.59 Å². The Morgan fingerprint density at radius 3 is 2.74 bits per heavy atom. The van der Waals surface area contributed by atoms with Crippen molar-refractivity contribution in [3.8, 4) is 10.6 Å². The molecule has 0 spiro atoms. The first-order valence-electron chi connectivity index (χ1n) is 8.87. The number of nitrogens with zero attached hydrogens (tertiary/aromatic N) is 2. The quantitative estimate of drug-likeness (QED) is 0.725. The van der Waals surface area contributed by atoms with Gasteiger partial charge in [0.2, 0.25) is 5.91 Å². The van der Waals surface area contributed by atoms with Gasteiger partial charge >= 0.3 is 0 Å². The fraction of sp³-hybridized carbons (Fsp3) is 0.190. The zero-order chi connectivity index (χ0) is 18.6. The summed E-state index contributed by atoms with van der Waals surface area (Å²) in [6.07, 6.45) is 3.31. The Morgan fingerprint density at radius 2 is 2.04 bits per heavy atom. The first-order valence-corrected chi connectivity index (χ1v) is 9.75. The van der Waals surface area contributed by atoms with Crippen LogP contribution in [0.3, 0.4) is 0 Å². The van der Waals surface area contributed by atoms with Crippen molar-refractivity contribution >= 4 is 28.8 Å². The van der Waals surface area contributed by atoms with Gasteiger partial charge in [0.05, 0.1) is 0 Å². The fourth-order valence-electron chi connectivity index (χ4n) is 3.17. The molecule has 1 aliphatic rings. The van der Waals surface area contributed by atoms with Gasteiger partial charge in [0.15, 0.2) is 0 Å². The van der Waals surface area contributed by atoms with Crippen molar-refractivity contribution < 1.29 is 9.59 Å². The van der Waals surface area contributed by atoms with Gasteiger partial charge in [-0.1, -0.05) is 12.1 Å². The molecule has 0 saturated carbocycles. The van der Waals surface area contributed by atoms with Gasteiger partial charge in [-0.25, -0.2) is 4.98 Å². The van der Waals surface area contributed by atoms with Gasteiger partial charge in [0.1, 0.15) is 5.01 Å². The summed E-state index contributed by atoms with van der Waals surface area (Å²) in [5.41, 5.74) is 3.32. The number of benzene rings is 2. The Bertz CT molecular complexity index is 952. The second-order valence-corrected chi connectivity index (χ2v) is 7.38. The minimum Gasteiger partial charge on any atom is -0.338 e. The number of likely N-dealkylation sites (tertiary alicyclic amines) is 1. The predicted molar refractivity (Wildman–Crippen MR) is 107 cm³/mol. The number of thiazole rings is 1. The van der Waals surface area contributed by atoms with Crippen LogP contribution < -0.4 is 5.32 Å². The topological polar surface area (TPSA) is 62.3 Å². The van der Waals surface area contributed by atoms with E-state index in [9.17, 15) is 9.59 Å². The summed E-state index contributed by atoms with van der Waals surface area (Å²) in [7, 11) is 0. The van der Waals surface area contributed by atoms with Gasteiger partial charge in [-0.2, -0.15) is 0 Å². The largest absolute Gasteiger partial charge is 0.338 e. The summed E-state index contributed by atoms with van der Waals surface area (Å²) in [5.74, 6) is 0.0248. The van der Waals surface area contributed by atoms with Gasteiger partial charge < -0.3 is 10.2 Å². The molecule has 1 saturated heterocycles. The molecule has 2 amide bonds. The maximum atomic E-state index is 12.6. The summed E-state index contributed by atoms with van der Waals surface area (Å²) in [5, 5.41) is 5.82. The molecule has 1 aromatic heterocycles. The number of rotatable bonds is 5. The molecule has 5 nitrogen and oxygen atoms in total. The molecule has 0 unspecified atom stereocenters. The molecule has 2 aromatic carbocycles. The van der Waals surface area contributed by atoms with Crippen LogP contribution in [0.4, 0.5) is 5.69 Å². The lowest BCUT2D eigenvalue weighted by Gasteiger charge is -2.16. The van der Waals surface area contributed by atoms with E-state index < -0.39 is 0 Å². The summed E-state index contributed by atoms with van der Waals surface area (Å²) >= 11 is 1.58. The molecule has 6 heteroatoms. The third kappa shape index (κ3) is 4.06. The molecule has 1 N–H and O–H groups in total. The molecule has 0 radical (unpaired) electrons. The molecule has 136 valence electrons. The predicted octanol–water partition coefficient (Wildman–Crippen LogP) is 4.18. The van der Waals surface area contributed by atoms with Crippen LogP contribution in [-0.4, -0.2) is 28.2 Å². The van der Waals surface area contributed by atoms with Crippen LogP contribution in [0.1, 0.15) is 28.8 Å². The molecule has 27 heavy (non-hydrogen) atoms. The van der Waals surface area contributed by atoms with Crippen LogP contribution in [0.2, 0.25) is 0 Å². The van der Waals surface area contributed by atoms with Gasteiger partial charge in [-0.05, 0) is 48.4 Å². The highest BCUT2D eigenvalue weighted by Crippen LogP contribution is 2.23. The van der Waals surface area contributed by atoms with E-state index in [4.69, 9.17) is 0 Å². The van der Waals surface area contributed by atoms with E-state index in [-0.39, 0.29) is 11.8 Å². The normalized spacial score (nSPS) is 13.8. The van der Waals surface area contributed by atoms with Gasteiger partial charge in [0.25, 0.3) is 5.91 Å². The number of anilines is 1. The van der Waals surface area contributed by atoms with E-state index in [0.29, 0.717) is 18.5 Å². The maximum absolute atomic E-state index is 12.6. The van der Waals surface area contributed by atoms with Crippen molar-refractivity contribution in [3.05, 3.63) is 71.2 Å². The van der Waals surface area contributed by atoms with Crippen molar-refractivity contribution in [1.29, 1.82) is 0 Å². The molecule has 1 fully saturated rings. The number of nitrogens with one attached hydrogen (secondary N) is 1. The molecule has 1 aliphatic heterocycles. The Labute approximate surface area is 161 Å². The molecular formula is C21H19N3O2S. The van der Waals surface area contributed by atoms with Crippen molar-refractivity contribution in [2.75, 3.05) is 11.9 Å². The number of aromatic nitrogens is 1. The number of amides is 2. The lowest BCUT2D eigenvalue weighted by Crippen LogP contribution is -2.24. The summed E-state index contributed by atoms with van der Waals surface area (Å²) in [4.78, 5) is 30.5. The van der Waals surface area contributed by atoms with Crippen LogP contribution in [0.15, 0.2) is 60.1 Å². The van der Waals surface area contributed by atoms with E-state index in [1.807, 2.05) is 52.7 Å². The lowest BCUT2D eigenvalue weighted by atomic mass is 10.1. The Kier molecular flexibility index (Phi) is 4.98. The lowest BCUT2D eigenvalue weighted by molar-refractivity contribution is -0.128. The smallest absolute Gasteiger partial charge is 0.255 e. The average molecular weight is 377 g/mol. The first-order chi connectivity index (χ1) is 13.2. The molecule has 0 aliphatic carbocycles. The van der Waals surface area contributed by atoms with Gasteiger partial charge in [0, 0.05) is 47.9 Å². The highest BCUT2D eigenvalue weighted by Gasteiger charge is 2.20. The summed E-state index contributed by atoms with van der Waals surface area (Å²) in [6.45, 7) is 1.35. The molecule has 0 bridgehead atoms. The van der Waals surface area contributed by atoms with E-state index >= 15 is 0 Å². The molecule has 2 heterocycles. The molecular weight excluding hydrogens is 358 g/mol. The Balaban J connectivity index is 1.43. The van der Waals surface area contributed by atoms with Crippen LogP contribution in [-0.2, 0) is 11.3 Å². The van der Waals surface area contributed by atoms with Crippen LogP contribution >= 0.6 is 11.3 Å². The monoisotopic (exact) mass is 377 g/mol. The fourth-order valence-corrected chi connectivity index (χ4v) is 3.81. The maximum Gasteiger partial charge on any atom is 0.255 e.